The molecule has 1 amide bonds. The largest absolute Gasteiger partial charge is 0.416 e. The summed E-state index contributed by atoms with van der Waals surface area (Å²) in [7, 11) is 0. The van der Waals surface area contributed by atoms with E-state index in [0.717, 1.165) is 24.3 Å². The highest BCUT2D eigenvalue weighted by atomic mass is 19.4. The zero-order valence-corrected chi connectivity index (χ0v) is 11.0. The van der Waals surface area contributed by atoms with E-state index in [1.54, 1.807) is 13.0 Å². The second-order valence-electron chi connectivity index (χ2n) is 4.46. The van der Waals surface area contributed by atoms with Crippen LogP contribution in [0.1, 0.15) is 21.5 Å². The summed E-state index contributed by atoms with van der Waals surface area (Å²) < 4.78 is 37.3. The first kappa shape index (κ1) is 14.8. The van der Waals surface area contributed by atoms with Crippen molar-refractivity contribution >= 4 is 17.4 Å². The molecule has 0 spiro atoms. The van der Waals surface area contributed by atoms with Crippen molar-refractivity contribution < 1.29 is 18.0 Å². The molecule has 0 radical (unpaired) electrons. The van der Waals surface area contributed by atoms with E-state index in [1.807, 2.05) is 0 Å². The number of pyridine rings is 1. The molecule has 21 heavy (non-hydrogen) atoms. The fourth-order valence-corrected chi connectivity index (χ4v) is 1.72. The lowest BCUT2D eigenvalue weighted by Crippen LogP contribution is -2.14. The molecule has 0 aliphatic heterocycles. The number of nitrogen functional groups attached to an aromatic ring is 1. The van der Waals surface area contributed by atoms with Crippen LogP contribution in [0.15, 0.2) is 36.5 Å². The lowest BCUT2D eigenvalue weighted by atomic mass is 10.1. The average Bonchev–Trinajstić information content (AvgIpc) is 2.41. The molecule has 0 saturated heterocycles. The van der Waals surface area contributed by atoms with E-state index in [0.29, 0.717) is 17.1 Å². The Morgan fingerprint density at radius 3 is 2.38 bits per heavy atom. The summed E-state index contributed by atoms with van der Waals surface area (Å²) in [5.74, 6) is -0.224. The molecule has 1 heterocycles. The van der Waals surface area contributed by atoms with Crippen LogP contribution >= 0.6 is 0 Å². The summed E-state index contributed by atoms with van der Waals surface area (Å²) in [5, 5.41) is 2.53. The summed E-state index contributed by atoms with van der Waals surface area (Å²) in [6, 6.07) is 5.58. The van der Waals surface area contributed by atoms with Crippen molar-refractivity contribution in [1.29, 1.82) is 0 Å². The number of anilines is 2. The molecule has 0 saturated carbocycles. The van der Waals surface area contributed by atoms with Gasteiger partial charge in [-0.05, 0) is 42.8 Å². The summed E-state index contributed by atoms with van der Waals surface area (Å²) in [5.41, 5.74) is 5.97. The van der Waals surface area contributed by atoms with Crippen molar-refractivity contribution in [3.05, 3.63) is 53.2 Å². The van der Waals surface area contributed by atoms with Crippen LogP contribution in [0.4, 0.5) is 24.7 Å². The van der Waals surface area contributed by atoms with Crippen molar-refractivity contribution in [2.24, 2.45) is 0 Å². The lowest BCUT2D eigenvalue weighted by molar-refractivity contribution is -0.137. The maximum atomic E-state index is 12.4. The number of alkyl halides is 3. The Balaban J connectivity index is 2.17. The van der Waals surface area contributed by atoms with Crippen molar-refractivity contribution in [3.8, 4) is 0 Å². The number of hydrogen-bond donors (Lipinski definition) is 2. The lowest BCUT2D eigenvalue weighted by Gasteiger charge is -2.09. The number of nitrogens with zero attached hydrogens (tertiary/aromatic N) is 1. The van der Waals surface area contributed by atoms with Gasteiger partial charge in [-0.2, -0.15) is 13.2 Å². The number of carbonyl (C=O) groups excluding carboxylic acids is 1. The van der Waals surface area contributed by atoms with Gasteiger partial charge >= 0.3 is 6.18 Å². The summed E-state index contributed by atoms with van der Waals surface area (Å²) >= 11 is 0. The molecule has 0 atom stereocenters. The molecule has 1 aromatic carbocycles. The van der Waals surface area contributed by atoms with E-state index >= 15 is 0 Å². The van der Waals surface area contributed by atoms with Crippen LogP contribution in [0.25, 0.3) is 0 Å². The van der Waals surface area contributed by atoms with Crippen LogP contribution in [-0.4, -0.2) is 10.9 Å². The molecule has 3 N–H and O–H groups in total. The van der Waals surface area contributed by atoms with E-state index < -0.39 is 17.6 Å². The van der Waals surface area contributed by atoms with Gasteiger partial charge in [0, 0.05) is 5.56 Å². The van der Waals surface area contributed by atoms with Crippen LogP contribution in [0.5, 0.6) is 0 Å². The standard InChI is InChI=1S/C14H12F3N3O/c1-8-6-11(18)7-19-12(8)20-13(21)9-2-4-10(5-3-9)14(15,16)17/h2-7H,18H2,1H3,(H,19,20,21). The van der Waals surface area contributed by atoms with Gasteiger partial charge in [0.1, 0.15) is 5.82 Å². The summed E-state index contributed by atoms with van der Waals surface area (Å²) in [6.45, 7) is 1.71. The third-order valence-electron chi connectivity index (χ3n) is 2.81. The van der Waals surface area contributed by atoms with Crippen LogP contribution in [0, 0.1) is 6.92 Å². The van der Waals surface area contributed by atoms with Crippen LogP contribution < -0.4 is 11.1 Å². The van der Waals surface area contributed by atoms with Crippen molar-refractivity contribution in [2.45, 2.75) is 13.1 Å². The number of carbonyl (C=O) groups is 1. The van der Waals surface area contributed by atoms with E-state index in [1.165, 1.54) is 6.20 Å². The van der Waals surface area contributed by atoms with E-state index in [-0.39, 0.29) is 5.56 Å². The molecule has 2 aromatic rings. The number of aromatic nitrogens is 1. The van der Waals surface area contributed by atoms with Gasteiger partial charge in [-0.3, -0.25) is 4.79 Å². The number of aryl methyl sites for hydroxylation is 1. The molecule has 0 aliphatic rings. The molecule has 0 aliphatic carbocycles. The number of benzene rings is 1. The minimum Gasteiger partial charge on any atom is -0.397 e. The van der Waals surface area contributed by atoms with Gasteiger partial charge in [0.2, 0.25) is 0 Å². The predicted octanol–water partition coefficient (Wildman–Crippen LogP) is 3.24. The third kappa shape index (κ3) is 3.50. The maximum absolute atomic E-state index is 12.4. The molecule has 4 nitrogen and oxygen atoms in total. The Labute approximate surface area is 118 Å². The first-order chi connectivity index (χ1) is 9.77. The smallest absolute Gasteiger partial charge is 0.397 e. The van der Waals surface area contributed by atoms with Crippen LogP contribution in [0.2, 0.25) is 0 Å². The molecule has 2 rings (SSSR count). The van der Waals surface area contributed by atoms with Crippen LogP contribution in [-0.2, 0) is 6.18 Å². The topological polar surface area (TPSA) is 68.0 Å². The van der Waals surface area contributed by atoms with Gasteiger partial charge in [0.15, 0.2) is 0 Å². The second-order valence-corrected chi connectivity index (χ2v) is 4.46. The van der Waals surface area contributed by atoms with E-state index in [9.17, 15) is 18.0 Å². The number of amides is 1. The summed E-state index contributed by atoms with van der Waals surface area (Å²) in [4.78, 5) is 15.9. The highest BCUT2D eigenvalue weighted by Crippen LogP contribution is 2.29. The first-order valence-electron chi connectivity index (χ1n) is 5.98. The van der Waals surface area contributed by atoms with Gasteiger partial charge in [-0.25, -0.2) is 4.98 Å². The van der Waals surface area contributed by atoms with E-state index in [4.69, 9.17) is 5.73 Å². The minimum atomic E-state index is -4.43. The van der Waals surface area contributed by atoms with Gasteiger partial charge in [0.25, 0.3) is 5.91 Å². The Morgan fingerprint density at radius 1 is 1.24 bits per heavy atom. The van der Waals surface area contributed by atoms with Gasteiger partial charge in [0.05, 0.1) is 17.4 Å². The normalized spacial score (nSPS) is 11.2. The van der Waals surface area contributed by atoms with Gasteiger partial charge < -0.3 is 11.1 Å². The fourth-order valence-electron chi connectivity index (χ4n) is 1.72. The number of rotatable bonds is 2. The maximum Gasteiger partial charge on any atom is 0.416 e. The Bertz CT molecular complexity index is 666. The Kier molecular flexibility index (Phi) is 3.84. The molecule has 7 heteroatoms. The highest BCUT2D eigenvalue weighted by molar-refractivity contribution is 6.04. The monoisotopic (exact) mass is 295 g/mol. The van der Waals surface area contributed by atoms with Crippen molar-refractivity contribution in [1.82, 2.24) is 4.98 Å². The number of hydrogen-bond acceptors (Lipinski definition) is 3. The molecular weight excluding hydrogens is 283 g/mol. The SMILES string of the molecule is Cc1cc(N)cnc1NC(=O)c1ccc(C(F)(F)F)cc1. The zero-order chi connectivity index (χ0) is 15.6. The quantitative estimate of drug-likeness (QED) is 0.893. The number of nitrogens with one attached hydrogen (secondary N) is 1. The van der Waals surface area contributed by atoms with Crippen LogP contribution in [0.3, 0.4) is 0 Å². The highest BCUT2D eigenvalue weighted by Gasteiger charge is 2.30. The molecular formula is C14H12F3N3O. The van der Waals surface area contributed by atoms with Gasteiger partial charge in [-0.15, -0.1) is 0 Å². The number of halogens is 3. The Hall–Kier alpha value is -2.57. The molecule has 0 unspecified atom stereocenters. The Morgan fingerprint density at radius 2 is 1.86 bits per heavy atom. The van der Waals surface area contributed by atoms with E-state index in [2.05, 4.69) is 10.3 Å². The zero-order valence-electron chi connectivity index (χ0n) is 11.0. The van der Waals surface area contributed by atoms with Gasteiger partial charge in [-0.1, -0.05) is 0 Å². The first-order valence-corrected chi connectivity index (χ1v) is 5.98. The molecule has 110 valence electrons. The predicted molar refractivity (Wildman–Crippen MR) is 72.8 cm³/mol. The molecule has 0 bridgehead atoms. The number of nitrogens with two attached hydrogens (primary N) is 1. The third-order valence-corrected chi connectivity index (χ3v) is 2.81. The van der Waals surface area contributed by atoms with Crippen molar-refractivity contribution in [2.75, 3.05) is 11.1 Å². The average molecular weight is 295 g/mol. The second kappa shape index (κ2) is 5.43. The molecule has 1 aromatic heterocycles. The fraction of sp³-hybridized carbons (Fsp3) is 0.143. The van der Waals surface area contributed by atoms with Crippen molar-refractivity contribution in [3.63, 3.8) is 0 Å². The minimum absolute atomic E-state index is 0.112. The molecule has 0 fully saturated rings. The summed E-state index contributed by atoms with van der Waals surface area (Å²) in [6.07, 6.45) is -3.04.